The van der Waals surface area contributed by atoms with Gasteiger partial charge in [-0.15, -0.1) is 0 Å². The van der Waals surface area contributed by atoms with E-state index >= 15 is 0 Å². The number of pyridine rings is 1. The fourth-order valence-corrected chi connectivity index (χ4v) is 3.02. The van der Waals surface area contributed by atoms with Gasteiger partial charge in [-0.2, -0.15) is 0 Å². The lowest BCUT2D eigenvalue weighted by atomic mass is 10.1. The van der Waals surface area contributed by atoms with Crippen LogP contribution in [0.2, 0.25) is 0 Å². The molecule has 0 spiro atoms. The van der Waals surface area contributed by atoms with Crippen molar-refractivity contribution in [3.63, 3.8) is 0 Å². The minimum atomic E-state index is -0.0839. The topological polar surface area (TPSA) is 91.0 Å². The van der Waals surface area contributed by atoms with Crippen LogP contribution in [0.25, 0.3) is 0 Å². The fraction of sp³-hybridized carbons (Fsp3) is 0.412. The van der Waals surface area contributed by atoms with Crippen LogP contribution in [0.15, 0.2) is 30.7 Å². The summed E-state index contributed by atoms with van der Waals surface area (Å²) in [5.41, 5.74) is 2.50. The van der Waals surface area contributed by atoms with E-state index in [1.54, 1.807) is 12.5 Å². The third-order valence-corrected chi connectivity index (χ3v) is 4.16. The first-order valence-corrected chi connectivity index (χ1v) is 8.10. The highest BCUT2D eigenvalue weighted by Crippen LogP contribution is 2.31. The Morgan fingerprint density at radius 3 is 3.04 bits per heavy atom. The van der Waals surface area contributed by atoms with Gasteiger partial charge in [-0.3, -0.25) is 14.6 Å². The first-order valence-electron chi connectivity index (χ1n) is 8.10. The number of carbonyl (C=O) groups is 2. The molecule has 1 aliphatic heterocycles. The second-order valence-corrected chi connectivity index (χ2v) is 5.96. The summed E-state index contributed by atoms with van der Waals surface area (Å²) in [6.07, 6.45) is 5.46. The molecule has 2 aromatic heterocycles. The molecule has 2 N–H and O–H groups in total. The maximum atomic E-state index is 12.6. The van der Waals surface area contributed by atoms with Crippen LogP contribution in [0.1, 0.15) is 42.9 Å². The lowest BCUT2D eigenvalue weighted by Crippen LogP contribution is -2.32. The van der Waals surface area contributed by atoms with E-state index in [-0.39, 0.29) is 17.9 Å². The molecule has 3 rings (SSSR count). The van der Waals surface area contributed by atoms with Crippen molar-refractivity contribution in [2.75, 3.05) is 6.54 Å². The number of nitrogens with zero attached hydrogens (tertiary/aromatic N) is 3. The van der Waals surface area contributed by atoms with Crippen molar-refractivity contribution in [2.24, 2.45) is 0 Å². The molecule has 0 bridgehead atoms. The van der Waals surface area contributed by atoms with Gasteiger partial charge in [0.25, 0.3) is 0 Å². The SMILES string of the molecule is CC(=O)NCc1cccc(C2CCCN2C(=O)Cc2cnc[nH]2)n1. The molecular formula is C17H21N5O2. The van der Waals surface area contributed by atoms with Gasteiger partial charge in [0.1, 0.15) is 0 Å². The van der Waals surface area contributed by atoms with Crippen molar-refractivity contribution < 1.29 is 9.59 Å². The van der Waals surface area contributed by atoms with Gasteiger partial charge < -0.3 is 15.2 Å². The van der Waals surface area contributed by atoms with Gasteiger partial charge in [-0.25, -0.2) is 4.98 Å². The molecule has 1 atom stereocenters. The van der Waals surface area contributed by atoms with Gasteiger partial charge in [0, 0.05) is 25.4 Å². The van der Waals surface area contributed by atoms with Crippen LogP contribution < -0.4 is 5.32 Å². The van der Waals surface area contributed by atoms with E-state index in [0.717, 1.165) is 36.5 Å². The normalized spacial score (nSPS) is 17.0. The summed E-state index contributed by atoms with van der Waals surface area (Å²) in [6.45, 7) is 2.63. The summed E-state index contributed by atoms with van der Waals surface area (Å²) < 4.78 is 0. The van der Waals surface area contributed by atoms with Gasteiger partial charge in [0.2, 0.25) is 11.8 Å². The summed E-state index contributed by atoms with van der Waals surface area (Å²) in [5, 5.41) is 2.75. The van der Waals surface area contributed by atoms with E-state index in [4.69, 9.17) is 0 Å². The molecule has 126 valence electrons. The highest BCUT2D eigenvalue weighted by molar-refractivity contribution is 5.79. The standard InChI is InChI=1S/C17H21N5O2/c1-12(23)19-10-13-4-2-5-15(21-13)16-6-3-7-22(16)17(24)8-14-9-18-11-20-14/h2,4-5,9,11,16H,3,6-8,10H2,1H3,(H,18,20)(H,19,23). The maximum absolute atomic E-state index is 12.6. The highest BCUT2D eigenvalue weighted by Gasteiger charge is 2.31. The number of carbonyl (C=O) groups excluding carboxylic acids is 2. The van der Waals surface area contributed by atoms with E-state index in [1.807, 2.05) is 23.1 Å². The number of imidazole rings is 1. The van der Waals surface area contributed by atoms with Crippen molar-refractivity contribution in [2.45, 2.75) is 38.8 Å². The first kappa shape index (κ1) is 16.2. The smallest absolute Gasteiger partial charge is 0.229 e. The molecule has 0 radical (unpaired) electrons. The van der Waals surface area contributed by atoms with Crippen molar-refractivity contribution in [3.8, 4) is 0 Å². The monoisotopic (exact) mass is 327 g/mol. The second kappa shape index (κ2) is 7.25. The van der Waals surface area contributed by atoms with Crippen molar-refractivity contribution in [1.82, 2.24) is 25.2 Å². The number of nitrogens with one attached hydrogen (secondary N) is 2. The molecule has 7 nitrogen and oxygen atoms in total. The molecule has 24 heavy (non-hydrogen) atoms. The lowest BCUT2D eigenvalue weighted by Gasteiger charge is -2.24. The molecule has 1 unspecified atom stereocenters. The minimum Gasteiger partial charge on any atom is -0.351 e. The summed E-state index contributed by atoms with van der Waals surface area (Å²) >= 11 is 0. The van der Waals surface area contributed by atoms with Crippen LogP contribution in [0.4, 0.5) is 0 Å². The van der Waals surface area contributed by atoms with Crippen molar-refractivity contribution in [3.05, 3.63) is 47.8 Å². The number of likely N-dealkylation sites (tertiary alicyclic amines) is 1. The molecule has 1 fully saturated rings. The van der Waals surface area contributed by atoms with Crippen LogP contribution in [-0.4, -0.2) is 38.2 Å². The molecular weight excluding hydrogens is 306 g/mol. The summed E-state index contributed by atoms with van der Waals surface area (Å²) in [5.74, 6) is -0.00440. The third kappa shape index (κ3) is 3.79. The van der Waals surface area contributed by atoms with E-state index < -0.39 is 0 Å². The van der Waals surface area contributed by atoms with Gasteiger partial charge in [-0.1, -0.05) is 6.07 Å². The number of amides is 2. The Labute approximate surface area is 140 Å². The largest absolute Gasteiger partial charge is 0.351 e. The van der Waals surface area contributed by atoms with Gasteiger partial charge >= 0.3 is 0 Å². The van der Waals surface area contributed by atoms with Crippen LogP contribution in [0.3, 0.4) is 0 Å². The maximum Gasteiger partial charge on any atom is 0.229 e. The number of hydrogen-bond acceptors (Lipinski definition) is 4. The highest BCUT2D eigenvalue weighted by atomic mass is 16.2. The Morgan fingerprint density at radius 1 is 1.42 bits per heavy atom. The Hall–Kier alpha value is -2.70. The zero-order chi connectivity index (χ0) is 16.9. The van der Waals surface area contributed by atoms with E-state index in [2.05, 4.69) is 20.3 Å². The first-order chi connectivity index (χ1) is 11.6. The number of aromatic nitrogens is 3. The van der Waals surface area contributed by atoms with Crippen LogP contribution >= 0.6 is 0 Å². The summed E-state index contributed by atoms with van der Waals surface area (Å²) in [7, 11) is 0. The zero-order valence-electron chi connectivity index (χ0n) is 13.7. The quantitative estimate of drug-likeness (QED) is 0.867. The molecule has 1 aliphatic rings. The van der Waals surface area contributed by atoms with E-state index in [0.29, 0.717) is 13.0 Å². The minimum absolute atomic E-state index is 0.00213. The predicted molar refractivity (Wildman–Crippen MR) is 87.7 cm³/mol. The molecule has 3 heterocycles. The number of aromatic amines is 1. The van der Waals surface area contributed by atoms with Gasteiger partial charge in [0.05, 0.1) is 36.7 Å². The van der Waals surface area contributed by atoms with Crippen molar-refractivity contribution in [1.29, 1.82) is 0 Å². The van der Waals surface area contributed by atoms with Crippen molar-refractivity contribution >= 4 is 11.8 Å². The summed E-state index contributed by atoms with van der Waals surface area (Å²) in [6, 6.07) is 5.75. The second-order valence-electron chi connectivity index (χ2n) is 5.96. The fourth-order valence-electron chi connectivity index (χ4n) is 3.02. The summed E-state index contributed by atoms with van der Waals surface area (Å²) in [4.78, 5) is 37.1. The molecule has 2 amide bonds. The van der Waals surface area contributed by atoms with Crippen LogP contribution in [-0.2, 0) is 22.6 Å². The number of rotatable bonds is 5. The predicted octanol–water partition coefficient (Wildman–Crippen LogP) is 1.35. The van der Waals surface area contributed by atoms with Crippen LogP contribution in [0.5, 0.6) is 0 Å². The third-order valence-electron chi connectivity index (χ3n) is 4.16. The van der Waals surface area contributed by atoms with E-state index in [1.165, 1.54) is 6.92 Å². The molecule has 1 saturated heterocycles. The average molecular weight is 327 g/mol. The van der Waals surface area contributed by atoms with Gasteiger partial charge in [-0.05, 0) is 25.0 Å². The average Bonchev–Trinajstić information content (AvgIpc) is 3.24. The molecule has 2 aromatic rings. The number of hydrogen-bond donors (Lipinski definition) is 2. The molecule has 0 saturated carbocycles. The Balaban J connectivity index is 1.71. The Kier molecular flexibility index (Phi) is 4.88. The number of H-pyrrole nitrogens is 1. The molecule has 0 aromatic carbocycles. The molecule has 7 heteroatoms. The molecule has 0 aliphatic carbocycles. The Morgan fingerprint density at radius 2 is 2.29 bits per heavy atom. The Bertz CT molecular complexity index is 714. The van der Waals surface area contributed by atoms with Crippen LogP contribution in [0, 0.1) is 0 Å². The van der Waals surface area contributed by atoms with Gasteiger partial charge in [0.15, 0.2) is 0 Å². The van der Waals surface area contributed by atoms with E-state index in [9.17, 15) is 9.59 Å². The lowest BCUT2D eigenvalue weighted by molar-refractivity contribution is -0.131. The zero-order valence-corrected chi connectivity index (χ0v) is 13.7.